The summed E-state index contributed by atoms with van der Waals surface area (Å²) < 4.78 is 0.922. The molecule has 4 heteroatoms. The van der Waals surface area contributed by atoms with E-state index >= 15 is 0 Å². The van der Waals surface area contributed by atoms with Gasteiger partial charge in [-0.25, -0.2) is 0 Å². The third-order valence-electron chi connectivity index (χ3n) is 6.00. The summed E-state index contributed by atoms with van der Waals surface area (Å²) >= 11 is 7.88. The molecule has 1 unspecified atom stereocenters. The van der Waals surface area contributed by atoms with E-state index < -0.39 is 0 Å². The predicted molar refractivity (Wildman–Crippen MR) is 90.1 cm³/mol. The Bertz CT molecular complexity index is 519. The molecule has 116 valence electrons. The molecule has 1 saturated heterocycles. The van der Waals surface area contributed by atoms with Crippen LogP contribution < -0.4 is 5.32 Å². The Kier molecular flexibility index (Phi) is 3.61. The predicted octanol–water partition coefficient (Wildman–Crippen LogP) is 4.29. The van der Waals surface area contributed by atoms with Crippen LogP contribution >= 0.6 is 22.9 Å². The van der Waals surface area contributed by atoms with Crippen LogP contribution in [0.3, 0.4) is 0 Å². The normalized spacial score (nSPS) is 32.9. The van der Waals surface area contributed by atoms with E-state index in [0.29, 0.717) is 11.1 Å². The standard InChI is InChI=1S/C17H25ClN2S/c1-16(13-4-5-13)12-20(10-14-6-7-15(18)21-14)17(11-19-16)8-2-3-9-17/h6-7,13,19H,2-5,8-12H2,1H3. The number of hydrogen-bond acceptors (Lipinski definition) is 3. The van der Waals surface area contributed by atoms with Gasteiger partial charge in [-0.15, -0.1) is 11.3 Å². The first-order valence-corrected chi connectivity index (χ1v) is 9.53. The number of rotatable bonds is 3. The van der Waals surface area contributed by atoms with Crippen molar-refractivity contribution in [1.29, 1.82) is 0 Å². The Labute approximate surface area is 136 Å². The minimum atomic E-state index is 0.328. The van der Waals surface area contributed by atoms with Crippen molar-refractivity contribution in [1.82, 2.24) is 10.2 Å². The summed E-state index contributed by atoms with van der Waals surface area (Å²) in [6.45, 7) is 5.91. The maximum absolute atomic E-state index is 6.13. The molecule has 2 nitrogen and oxygen atoms in total. The largest absolute Gasteiger partial charge is 0.308 e. The van der Waals surface area contributed by atoms with E-state index in [0.717, 1.165) is 16.8 Å². The third-order valence-corrected chi connectivity index (χ3v) is 7.22. The van der Waals surface area contributed by atoms with Gasteiger partial charge in [0.05, 0.1) is 4.34 Å². The molecule has 2 aliphatic carbocycles. The van der Waals surface area contributed by atoms with E-state index in [9.17, 15) is 0 Å². The number of nitrogens with zero attached hydrogens (tertiary/aromatic N) is 1. The Morgan fingerprint density at radius 1 is 1.33 bits per heavy atom. The molecule has 0 radical (unpaired) electrons. The maximum atomic E-state index is 6.13. The highest BCUT2D eigenvalue weighted by molar-refractivity contribution is 7.16. The number of piperazine rings is 1. The monoisotopic (exact) mass is 324 g/mol. The van der Waals surface area contributed by atoms with Gasteiger partial charge in [0.2, 0.25) is 0 Å². The average Bonchev–Trinajstić information content (AvgIpc) is 3.10. The number of halogens is 1. The van der Waals surface area contributed by atoms with Crippen molar-refractivity contribution in [2.45, 2.75) is 63.1 Å². The minimum Gasteiger partial charge on any atom is -0.308 e. The molecule has 3 aliphatic rings. The van der Waals surface area contributed by atoms with E-state index in [1.165, 1.54) is 56.5 Å². The van der Waals surface area contributed by atoms with Gasteiger partial charge in [-0.3, -0.25) is 4.90 Å². The van der Waals surface area contributed by atoms with Crippen LogP contribution in [0.25, 0.3) is 0 Å². The highest BCUT2D eigenvalue weighted by atomic mass is 35.5. The Hall–Kier alpha value is -0.0900. The summed E-state index contributed by atoms with van der Waals surface area (Å²) in [5, 5.41) is 3.95. The third kappa shape index (κ3) is 2.67. The molecule has 0 bridgehead atoms. The number of nitrogens with one attached hydrogen (secondary N) is 1. The molecule has 1 aromatic rings. The van der Waals surface area contributed by atoms with Gasteiger partial charge in [-0.1, -0.05) is 24.4 Å². The van der Waals surface area contributed by atoms with Gasteiger partial charge >= 0.3 is 0 Å². The second-order valence-corrected chi connectivity index (χ2v) is 9.34. The van der Waals surface area contributed by atoms with E-state index in [1.54, 1.807) is 11.3 Å². The summed E-state index contributed by atoms with van der Waals surface area (Å²) in [7, 11) is 0. The maximum Gasteiger partial charge on any atom is 0.0931 e. The van der Waals surface area contributed by atoms with Crippen LogP contribution in [-0.2, 0) is 6.54 Å². The highest BCUT2D eigenvalue weighted by Crippen LogP contribution is 2.46. The quantitative estimate of drug-likeness (QED) is 0.892. The van der Waals surface area contributed by atoms with Crippen molar-refractivity contribution < 1.29 is 0 Å². The summed E-state index contributed by atoms with van der Waals surface area (Å²) in [6.07, 6.45) is 8.33. The van der Waals surface area contributed by atoms with Crippen LogP contribution in [0, 0.1) is 5.92 Å². The fourth-order valence-corrected chi connectivity index (χ4v) is 5.57. The first-order valence-electron chi connectivity index (χ1n) is 8.34. The van der Waals surface area contributed by atoms with Crippen molar-refractivity contribution in [3.05, 3.63) is 21.3 Å². The smallest absolute Gasteiger partial charge is 0.0931 e. The van der Waals surface area contributed by atoms with Crippen molar-refractivity contribution in [3.63, 3.8) is 0 Å². The van der Waals surface area contributed by atoms with Gasteiger partial charge in [0.1, 0.15) is 0 Å². The molecule has 2 heterocycles. The lowest BCUT2D eigenvalue weighted by Gasteiger charge is -2.53. The number of thiophene rings is 1. The zero-order valence-electron chi connectivity index (χ0n) is 12.8. The van der Waals surface area contributed by atoms with Gasteiger partial charge in [-0.2, -0.15) is 0 Å². The fourth-order valence-electron chi connectivity index (χ4n) is 4.47. The van der Waals surface area contributed by atoms with Crippen LogP contribution in [-0.4, -0.2) is 29.1 Å². The van der Waals surface area contributed by atoms with Crippen LogP contribution in [0.4, 0.5) is 0 Å². The average molecular weight is 325 g/mol. The van der Waals surface area contributed by atoms with Crippen molar-refractivity contribution in [2.75, 3.05) is 13.1 Å². The molecule has 21 heavy (non-hydrogen) atoms. The molecule has 2 saturated carbocycles. The van der Waals surface area contributed by atoms with Gasteiger partial charge in [-0.05, 0) is 50.7 Å². The van der Waals surface area contributed by atoms with E-state index in [2.05, 4.69) is 23.2 Å². The zero-order chi connectivity index (χ0) is 14.5. The molecule has 1 aromatic heterocycles. The Morgan fingerprint density at radius 2 is 2.10 bits per heavy atom. The molecule has 4 rings (SSSR count). The van der Waals surface area contributed by atoms with Gasteiger partial charge in [0.25, 0.3) is 0 Å². The molecule has 1 N–H and O–H groups in total. The molecule has 1 atom stereocenters. The lowest BCUT2D eigenvalue weighted by Crippen LogP contribution is -2.68. The van der Waals surface area contributed by atoms with Crippen LogP contribution in [0.15, 0.2) is 12.1 Å². The van der Waals surface area contributed by atoms with Crippen LogP contribution in [0.2, 0.25) is 4.34 Å². The van der Waals surface area contributed by atoms with Crippen LogP contribution in [0.5, 0.6) is 0 Å². The Morgan fingerprint density at radius 3 is 2.71 bits per heavy atom. The first kappa shape index (κ1) is 14.5. The van der Waals surface area contributed by atoms with E-state index in [4.69, 9.17) is 11.6 Å². The summed E-state index contributed by atoms with van der Waals surface area (Å²) in [6, 6.07) is 4.26. The molecule has 1 aliphatic heterocycles. The summed E-state index contributed by atoms with van der Waals surface area (Å²) in [5.41, 5.74) is 0.736. The second-order valence-electron chi connectivity index (χ2n) is 7.54. The lowest BCUT2D eigenvalue weighted by atomic mass is 9.83. The van der Waals surface area contributed by atoms with Crippen molar-refractivity contribution >= 4 is 22.9 Å². The molecular formula is C17H25ClN2S. The second kappa shape index (κ2) is 5.23. The van der Waals surface area contributed by atoms with E-state index in [-0.39, 0.29) is 0 Å². The lowest BCUT2D eigenvalue weighted by molar-refractivity contribution is 0.0000327. The summed E-state index contributed by atoms with van der Waals surface area (Å²) in [4.78, 5) is 4.23. The molecule has 1 spiro atoms. The fraction of sp³-hybridized carbons (Fsp3) is 0.765. The SMILES string of the molecule is CC1(C2CC2)CN(Cc2ccc(Cl)s2)C2(CCCC2)CN1. The van der Waals surface area contributed by atoms with Crippen molar-refractivity contribution in [2.24, 2.45) is 5.92 Å². The van der Waals surface area contributed by atoms with Gasteiger partial charge in [0.15, 0.2) is 0 Å². The minimum absolute atomic E-state index is 0.328. The van der Waals surface area contributed by atoms with Crippen molar-refractivity contribution in [3.8, 4) is 0 Å². The highest BCUT2D eigenvalue weighted by Gasteiger charge is 2.51. The van der Waals surface area contributed by atoms with Gasteiger partial charge in [0, 0.05) is 35.6 Å². The van der Waals surface area contributed by atoms with Crippen LogP contribution in [0.1, 0.15) is 50.3 Å². The summed E-state index contributed by atoms with van der Waals surface area (Å²) in [5.74, 6) is 0.894. The molecular weight excluding hydrogens is 300 g/mol. The topological polar surface area (TPSA) is 15.3 Å². The Balaban J connectivity index is 1.57. The van der Waals surface area contributed by atoms with E-state index in [1.807, 2.05) is 6.07 Å². The number of hydrogen-bond donors (Lipinski definition) is 1. The molecule has 0 aromatic carbocycles. The molecule has 3 fully saturated rings. The van der Waals surface area contributed by atoms with Gasteiger partial charge < -0.3 is 5.32 Å². The molecule has 0 amide bonds. The first-order chi connectivity index (χ1) is 10.1. The zero-order valence-corrected chi connectivity index (χ0v) is 14.4.